The third-order valence-corrected chi connectivity index (χ3v) is 6.12. The number of H-pyrrole nitrogens is 1. The average Bonchev–Trinajstić information content (AvgIpc) is 3.51. The number of aromatic nitrogens is 6. The zero-order valence-corrected chi connectivity index (χ0v) is 21.1. The number of nitrogens with zero attached hydrogens (tertiary/aromatic N) is 5. The fourth-order valence-corrected chi connectivity index (χ4v) is 4.00. The van der Waals surface area contributed by atoms with E-state index < -0.39 is 23.3 Å². The number of aromatic amines is 1. The number of anilines is 1. The van der Waals surface area contributed by atoms with Crippen LogP contribution in [-0.4, -0.2) is 41.3 Å². The lowest BCUT2D eigenvalue weighted by Gasteiger charge is -2.11. The summed E-state index contributed by atoms with van der Waals surface area (Å²) in [6.07, 6.45) is 1.51. The molecular formula is C26H20ClFN8O3. The first-order valence-electron chi connectivity index (χ1n) is 11.6. The lowest BCUT2D eigenvalue weighted by molar-refractivity contribution is 0.0943. The summed E-state index contributed by atoms with van der Waals surface area (Å²) in [7, 11) is 1.52. The molecule has 3 N–H and O–H groups in total. The molecule has 0 atom stereocenters. The molecule has 0 aliphatic carbocycles. The van der Waals surface area contributed by atoms with Crippen LogP contribution in [0.3, 0.4) is 0 Å². The summed E-state index contributed by atoms with van der Waals surface area (Å²) in [5.74, 6) is -1.35. The van der Waals surface area contributed by atoms with Crippen LogP contribution < -0.4 is 16.3 Å². The Hall–Kier alpha value is -5.10. The molecule has 5 aromatic rings. The van der Waals surface area contributed by atoms with Gasteiger partial charge in [-0.3, -0.25) is 19.1 Å². The Bertz CT molecular complexity index is 1730. The van der Waals surface area contributed by atoms with Crippen LogP contribution in [0.2, 0.25) is 5.02 Å². The van der Waals surface area contributed by atoms with E-state index in [0.717, 1.165) is 6.07 Å². The normalized spacial score (nSPS) is 10.8. The van der Waals surface area contributed by atoms with Gasteiger partial charge in [0.05, 0.1) is 28.5 Å². The second-order valence-electron chi connectivity index (χ2n) is 8.33. The Balaban J connectivity index is 1.45. The Morgan fingerprint density at radius 1 is 1.05 bits per heavy atom. The van der Waals surface area contributed by atoms with E-state index in [1.807, 2.05) is 6.07 Å². The SMILES string of the molecule is Cn1c(CNC(=O)c2cc(NC(=O)c3cc(-c4ccccn4)c(F)cc3Cl)n(-c3ccccc3)n2)n[nH]c1=O. The minimum absolute atomic E-state index is 0.00461. The highest BCUT2D eigenvalue weighted by molar-refractivity contribution is 6.34. The molecule has 0 saturated carbocycles. The second-order valence-corrected chi connectivity index (χ2v) is 8.74. The maximum Gasteiger partial charge on any atom is 0.343 e. The van der Waals surface area contributed by atoms with Gasteiger partial charge in [-0.15, -0.1) is 0 Å². The van der Waals surface area contributed by atoms with Gasteiger partial charge in [0.2, 0.25) is 0 Å². The van der Waals surface area contributed by atoms with Crippen molar-refractivity contribution in [3.05, 3.63) is 111 Å². The average molecular weight is 547 g/mol. The first-order chi connectivity index (χ1) is 18.8. The topological polar surface area (TPSA) is 140 Å². The molecule has 39 heavy (non-hydrogen) atoms. The van der Waals surface area contributed by atoms with Crippen LogP contribution in [0.15, 0.2) is 77.7 Å². The van der Waals surface area contributed by atoms with Crippen molar-refractivity contribution in [3.8, 4) is 16.9 Å². The number of hydrogen-bond acceptors (Lipinski definition) is 6. The van der Waals surface area contributed by atoms with E-state index in [-0.39, 0.29) is 34.2 Å². The fourth-order valence-electron chi connectivity index (χ4n) is 3.76. The number of para-hydroxylation sites is 1. The molecule has 0 saturated heterocycles. The monoisotopic (exact) mass is 546 g/mol. The number of halogens is 2. The molecular weight excluding hydrogens is 527 g/mol. The van der Waals surface area contributed by atoms with Gasteiger partial charge in [-0.05, 0) is 36.4 Å². The molecule has 0 radical (unpaired) electrons. The van der Waals surface area contributed by atoms with Crippen molar-refractivity contribution in [2.75, 3.05) is 5.32 Å². The van der Waals surface area contributed by atoms with Gasteiger partial charge in [-0.1, -0.05) is 35.9 Å². The van der Waals surface area contributed by atoms with Crippen LogP contribution in [0, 0.1) is 5.82 Å². The summed E-state index contributed by atoms with van der Waals surface area (Å²) in [6.45, 7) is -0.0323. The van der Waals surface area contributed by atoms with Crippen LogP contribution in [0.1, 0.15) is 26.7 Å². The highest BCUT2D eigenvalue weighted by Gasteiger charge is 2.21. The van der Waals surface area contributed by atoms with E-state index in [2.05, 4.69) is 30.9 Å². The second kappa shape index (κ2) is 10.7. The maximum atomic E-state index is 14.7. The maximum absolute atomic E-state index is 14.7. The van der Waals surface area contributed by atoms with Gasteiger partial charge in [0.25, 0.3) is 11.8 Å². The lowest BCUT2D eigenvalue weighted by atomic mass is 10.1. The Kier molecular flexibility index (Phi) is 7.02. The zero-order chi connectivity index (χ0) is 27.5. The zero-order valence-electron chi connectivity index (χ0n) is 20.4. The van der Waals surface area contributed by atoms with Crippen LogP contribution in [0.5, 0.6) is 0 Å². The van der Waals surface area contributed by atoms with Crippen molar-refractivity contribution in [2.45, 2.75) is 6.54 Å². The summed E-state index contributed by atoms with van der Waals surface area (Å²) in [5.41, 5.74) is 0.598. The molecule has 0 aliphatic heterocycles. The van der Waals surface area contributed by atoms with Gasteiger partial charge in [0, 0.05) is 24.9 Å². The number of rotatable bonds is 7. The number of amides is 2. The third kappa shape index (κ3) is 5.31. The predicted octanol–water partition coefficient (Wildman–Crippen LogP) is 3.33. The van der Waals surface area contributed by atoms with E-state index in [1.165, 1.54) is 34.6 Å². The third-order valence-electron chi connectivity index (χ3n) is 5.81. The molecule has 2 aromatic carbocycles. The molecule has 3 aromatic heterocycles. The number of carbonyl (C=O) groups excluding carboxylic acids is 2. The lowest BCUT2D eigenvalue weighted by Crippen LogP contribution is -2.26. The van der Waals surface area contributed by atoms with E-state index in [4.69, 9.17) is 11.6 Å². The van der Waals surface area contributed by atoms with E-state index in [1.54, 1.807) is 42.5 Å². The standard InChI is InChI=1S/C26H20ClFN8O3/c1-35-23(32-33-26(35)39)14-30-25(38)21-13-22(36(34-21)15-7-3-2-4-8-15)31-24(37)16-11-17(19(28)12-18(16)27)20-9-5-6-10-29-20/h2-13H,14H2,1H3,(H,30,38)(H,31,37)(H,33,39). The van der Waals surface area contributed by atoms with Gasteiger partial charge in [0.15, 0.2) is 11.5 Å². The molecule has 196 valence electrons. The van der Waals surface area contributed by atoms with Crippen molar-refractivity contribution in [2.24, 2.45) is 7.05 Å². The molecule has 0 unspecified atom stereocenters. The van der Waals surface area contributed by atoms with Crippen molar-refractivity contribution in [1.29, 1.82) is 0 Å². The summed E-state index contributed by atoms with van der Waals surface area (Å²) in [6, 6.07) is 17.6. The molecule has 3 heterocycles. The smallest absolute Gasteiger partial charge is 0.343 e. The molecule has 13 heteroatoms. The van der Waals surface area contributed by atoms with Gasteiger partial charge >= 0.3 is 5.69 Å². The highest BCUT2D eigenvalue weighted by Crippen LogP contribution is 2.28. The van der Waals surface area contributed by atoms with Gasteiger partial charge in [-0.25, -0.2) is 19.0 Å². The quantitative estimate of drug-likeness (QED) is 0.286. The number of pyridine rings is 1. The Morgan fingerprint density at radius 2 is 1.82 bits per heavy atom. The van der Waals surface area contributed by atoms with Crippen molar-refractivity contribution >= 4 is 29.2 Å². The van der Waals surface area contributed by atoms with Crippen LogP contribution >= 0.6 is 11.6 Å². The van der Waals surface area contributed by atoms with E-state index in [0.29, 0.717) is 17.2 Å². The molecule has 0 spiro atoms. The first-order valence-corrected chi connectivity index (χ1v) is 12.0. The van der Waals surface area contributed by atoms with Gasteiger partial charge in [-0.2, -0.15) is 10.2 Å². The van der Waals surface area contributed by atoms with Crippen LogP contribution in [-0.2, 0) is 13.6 Å². The van der Waals surface area contributed by atoms with Crippen LogP contribution in [0.25, 0.3) is 16.9 Å². The Morgan fingerprint density at radius 3 is 2.51 bits per heavy atom. The highest BCUT2D eigenvalue weighted by atomic mass is 35.5. The minimum atomic E-state index is -0.646. The van der Waals surface area contributed by atoms with Gasteiger partial charge in [0.1, 0.15) is 11.6 Å². The summed E-state index contributed by atoms with van der Waals surface area (Å²) in [5, 5.41) is 15.8. The number of benzene rings is 2. The summed E-state index contributed by atoms with van der Waals surface area (Å²) < 4.78 is 17.3. The minimum Gasteiger partial charge on any atom is -0.343 e. The van der Waals surface area contributed by atoms with Crippen molar-refractivity contribution in [1.82, 2.24) is 34.8 Å². The van der Waals surface area contributed by atoms with Gasteiger partial charge < -0.3 is 10.6 Å². The molecule has 11 nitrogen and oxygen atoms in total. The number of hydrogen-bond donors (Lipinski definition) is 3. The number of carbonyl (C=O) groups is 2. The fraction of sp³-hybridized carbons (Fsp3) is 0.0769. The van der Waals surface area contributed by atoms with Crippen LogP contribution in [0.4, 0.5) is 10.2 Å². The molecule has 2 amide bonds. The van der Waals surface area contributed by atoms with E-state index in [9.17, 15) is 18.8 Å². The largest absolute Gasteiger partial charge is 0.343 e. The molecule has 5 rings (SSSR count). The number of nitrogens with one attached hydrogen (secondary N) is 3. The molecule has 0 bridgehead atoms. The first kappa shape index (κ1) is 25.5. The Labute approximate surface area is 225 Å². The van der Waals surface area contributed by atoms with E-state index >= 15 is 0 Å². The summed E-state index contributed by atoms with van der Waals surface area (Å²) >= 11 is 6.24. The summed E-state index contributed by atoms with van der Waals surface area (Å²) in [4.78, 5) is 41.9. The molecule has 0 fully saturated rings. The molecule has 0 aliphatic rings. The van der Waals surface area contributed by atoms with Crippen molar-refractivity contribution in [3.63, 3.8) is 0 Å². The predicted molar refractivity (Wildman–Crippen MR) is 141 cm³/mol. The van der Waals surface area contributed by atoms with Crippen molar-refractivity contribution < 1.29 is 14.0 Å².